The summed E-state index contributed by atoms with van der Waals surface area (Å²) in [5.74, 6) is 0.710. The molecule has 0 radical (unpaired) electrons. The highest BCUT2D eigenvalue weighted by molar-refractivity contribution is 6.11. The maximum absolute atomic E-state index is 6.35. The Balaban J connectivity index is 0.997. The number of aryl methyl sites for hydroxylation is 1. The van der Waals surface area contributed by atoms with Crippen LogP contribution in [0.15, 0.2) is 162 Å². The van der Waals surface area contributed by atoms with Gasteiger partial charge in [0, 0.05) is 49.6 Å². The van der Waals surface area contributed by atoms with Gasteiger partial charge in [-0.2, -0.15) is 0 Å². The third-order valence-corrected chi connectivity index (χ3v) is 10.7. The molecule has 244 valence electrons. The number of fused-ring (bicyclic) bond motifs is 9. The molecule has 0 bridgehead atoms. The molecule has 0 unspecified atom stereocenters. The van der Waals surface area contributed by atoms with Crippen molar-refractivity contribution in [2.45, 2.75) is 12.8 Å². The molecule has 10 aromatic rings. The lowest BCUT2D eigenvalue weighted by Gasteiger charge is -2.13. The Morgan fingerprint density at radius 2 is 1.29 bits per heavy atom. The van der Waals surface area contributed by atoms with Crippen LogP contribution in [-0.4, -0.2) is 14.5 Å². The van der Waals surface area contributed by atoms with Gasteiger partial charge in [-0.05, 0) is 83.3 Å². The largest absolute Gasteiger partial charge is 0.455 e. The van der Waals surface area contributed by atoms with Gasteiger partial charge in [-0.3, -0.25) is 0 Å². The van der Waals surface area contributed by atoms with Crippen molar-refractivity contribution in [1.82, 2.24) is 14.5 Å². The van der Waals surface area contributed by atoms with Crippen LogP contribution in [0, 0.1) is 0 Å². The second-order valence-corrected chi connectivity index (χ2v) is 13.6. The maximum Gasteiger partial charge on any atom is 0.160 e. The maximum atomic E-state index is 6.35. The Bertz CT molecular complexity index is 3050. The summed E-state index contributed by atoms with van der Waals surface area (Å²) < 4.78 is 8.76. The molecule has 7 aromatic carbocycles. The van der Waals surface area contributed by atoms with Crippen molar-refractivity contribution in [3.8, 4) is 39.5 Å². The average molecular weight is 666 g/mol. The first-order valence-electron chi connectivity index (χ1n) is 17.9. The van der Waals surface area contributed by atoms with E-state index in [1.165, 1.54) is 32.9 Å². The van der Waals surface area contributed by atoms with E-state index in [9.17, 15) is 0 Å². The van der Waals surface area contributed by atoms with E-state index < -0.39 is 0 Å². The Morgan fingerprint density at radius 1 is 0.558 bits per heavy atom. The van der Waals surface area contributed by atoms with Crippen LogP contribution in [0.3, 0.4) is 0 Å². The standard InChI is InChI=1S/C48H31N3O/c1-2-11-35-30(10-1)26-29-43-45(35)40-14-4-7-18-42(40)51(43)34-27-24-33(25-28-34)48-49-41-17-6-3-13-39(41)46(50-48)32-22-20-31(21-23-32)36-15-9-16-38-37-12-5-8-19-44(37)52-47(36)38/h1-3,5-13,15-29H,4,14H2. The normalized spacial score (nSPS) is 12.8. The zero-order valence-electron chi connectivity index (χ0n) is 28.3. The number of benzene rings is 7. The molecule has 0 atom stereocenters. The summed E-state index contributed by atoms with van der Waals surface area (Å²) in [6.45, 7) is 0. The number of hydrogen-bond acceptors (Lipinski definition) is 3. The van der Waals surface area contributed by atoms with E-state index in [0.29, 0.717) is 5.82 Å². The molecular weight excluding hydrogens is 635 g/mol. The summed E-state index contributed by atoms with van der Waals surface area (Å²) in [5, 5.41) is 7.25. The third-order valence-electron chi connectivity index (χ3n) is 10.7. The van der Waals surface area contributed by atoms with Gasteiger partial charge in [0.05, 0.1) is 16.7 Å². The van der Waals surface area contributed by atoms with Crippen LogP contribution in [0.1, 0.15) is 17.7 Å². The Hall–Kier alpha value is -6.78. The molecule has 4 heteroatoms. The summed E-state index contributed by atoms with van der Waals surface area (Å²) >= 11 is 0. The molecule has 4 nitrogen and oxygen atoms in total. The second-order valence-electron chi connectivity index (χ2n) is 13.6. The van der Waals surface area contributed by atoms with Crippen molar-refractivity contribution in [1.29, 1.82) is 0 Å². The number of para-hydroxylation sites is 3. The minimum atomic E-state index is 0.710. The van der Waals surface area contributed by atoms with E-state index >= 15 is 0 Å². The first kappa shape index (κ1) is 29.0. The summed E-state index contributed by atoms with van der Waals surface area (Å²) in [6.07, 6.45) is 6.70. The van der Waals surface area contributed by atoms with E-state index in [0.717, 1.165) is 79.3 Å². The predicted molar refractivity (Wildman–Crippen MR) is 215 cm³/mol. The molecule has 0 amide bonds. The zero-order valence-corrected chi connectivity index (χ0v) is 28.3. The Labute approximate surface area is 299 Å². The van der Waals surface area contributed by atoms with Crippen LogP contribution in [-0.2, 0) is 6.42 Å². The summed E-state index contributed by atoms with van der Waals surface area (Å²) in [6, 6.07) is 53.5. The highest BCUT2D eigenvalue weighted by Crippen LogP contribution is 2.40. The quantitative estimate of drug-likeness (QED) is 0.188. The minimum absolute atomic E-state index is 0.710. The fourth-order valence-corrected chi connectivity index (χ4v) is 8.25. The number of furan rings is 1. The van der Waals surface area contributed by atoms with Crippen LogP contribution in [0.25, 0.3) is 100 Å². The lowest BCUT2D eigenvalue weighted by atomic mass is 9.97. The van der Waals surface area contributed by atoms with E-state index in [2.05, 4.69) is 150 Å². The van der Waals surface area contributed by atoms with Crippen molar-refractivity contribution < 1.29 is 4.42 Å². The zero-order chi connectivity index (χ0) is 34.2. The van der Waals surface area contributed by atoms with Crippen molar-refractivity contribution in [2.24, 2.45) is 0 Å². The molecule has 0 saturated carbocycles. The monoisotopic (exact) mass is 665 g/mol. The van der Waals surface area contributed by atoms with Gasteiger partial charge in [0.15, 0.2) is 5.82 Å². The fourth-order valence-electron chi connectivity index (χ4n) is 8.25. The van der Waals surface area contributed by atoms with Crippen molar-refractivity contribution >= 4 is 60.6 Å². The molecule has 52 heavy (non-hydrogen) atoms. The number of allylic oxidation sites excluding steroid dienone is 1. The molecule has 0 saturated heterocycles. The first-order valence-corrected chi connectivity index (χ1v) is 17.9. The van der Waals surface area contributed by atoms with Gasteiger partial charge in [-0.15, -0.1) is 0 Å². The van der Waals surface area contributed by atoms with Crippen LogP contribution >= 0.6 is 0 Å². The van der Waals surface area contributed by atoms with Crippen molar-refractivity contribution in [3.63, 3.8) is 0 Å². The number of hydrogen-bond donors (Lipinski definition) is 0. The van der Waals surface area contributed by atoms with E-state index in [-0.39, 0.29) is 0 Å². The lowest BCUT2D eigenvalue weighted by molar-refractivity contribution is 0.670. The van der Waals surface area contributed by atoms with Gasteiger partial charge in [-0.1, -0.05) is 115 Å². The molecule has 0 N–H and O–H groups in total. The average Bonchev–Trinajstić information content (AvgIpc) is 3.77. The Morgan fingerprint density at radius 3 is 2.17 bits per heavy atom. The summed E-state index contributed by atoms with van der Waals surface area (Å²) in [7, 11) is 0. The van der Waals surface area contributed by atoms with Crippen LogP contribution in [0.4, 0.5) is 0 Å². The van der Waals surface area contributed by atoms with Crippen LogP contribution < -0.4 is 0 Å². The summed E-state index contributed by atoms with van der Waals surface area (Å²) in [5.41, 5.74) is 12.9. The van der Waals surface area contributed by atoms with Gasteiger partial charge in [0.2, 0.25) is 0 Å². The molecule has 0 spiro atoms. The van der Waals surface area contributed by atoms with Crippen LogP contribution in [0.5, 0.6) is 0 Å². The molecule has 0 fully saturated rings. The van der Waals surface area contributed by atoms with E-state index in [4.69, 9.17) is 14.4 Å². The number of aromatic nitrogens is 3. The lowest BCUT2D eigenvalue weighted by Crippen LogP contribution is -2.00. The van der Waals surface area contributed by atoms with Gasteiger partial charge >= 0.3 is 0 Å². The van der Waals surface area contributed by atoms with Gasteiger partial charge in [-0.25, -0.2) is 9.97 Å². The van der Waals surface area contributed by atoms with Gasteiger partial charge < -0.3 is 8.98 Å². The van der Waals surface area contributed by atoms with E-state index in [1.807, 2.05) is 18.2 Å². The molecule has 3 aromatic heterocycles. The predicted octanol–water partition coefficient (Wildman–Crippen LogP) is 12.6. The molecule has 11 rings (SSSR count). The fraction of sp³-hybridized carbons (Fsp3) is 0.0417. The number of nitrogens with zero attached hydrogens (tertiary/aromatic N) is 3. The van der Waals surface area contributed by atoms with E-state index in [1.54, 1.807) is 0 Å². The first-order chi connectivity index (χ1) is 25.8. The SMILES string of the molecule is C1=Cc2c(c3c4ccccc4ccc3n2-c2ccc(-c3nc(-c4ccc(-c5cccc6c5oc5ccccc56)cc4)c4ccccc4n3)cc2)CC1. The van der Waals surface area contributed by atoms with Crippen molar-refractivity contribution in [2.75, 3.05) is 0 Å². The molecule has 0 aliphatic heterocycles. The second kappa shape index (κ2) is 11.4. The molecule has 1 aliphatic carbocycles. The smallest absolute Gasteiger partial charge is 0.160 e. The van der Waals surface area contributed by atoms with Crippen LogP contribution in [0.2, 0.25) is 0 Å². The van der Waals surface area contributed by atoms with Gasteiger partial charge in [0.1, 0.15) is 11.2 Å². The highest BCUT2D eigenvalue weighted by atomic mass is 16.3. The Kier molecular flexibility index (Phi) is 6.34. The number of rotatable bonds is 4. The topological polar surface area (TPSA) is 43.9 Å². The highest BCUT2D eigenvalue weighted by Gasteiger charge is 2.21. The molecular formula is C48H31N3O. The van der Waals surface area contributed by atoms with Gasteiger partial charge in [0.25, 0.3) is 0 Å². The summed E-state index contributed by atoms with van der Waals surface area (Å²) in [4.78, 5) is 10.3. The third kappa shape index (κ3) is 4.41. The minimum Gasteiger partial charge on any atom is -0.455 e. The molecule has 1 aliphatic rings. The molecule has 3 heterocycles. The van der Waals surface area contributed by atoms with Crippen molar-refractivity contribution in [3.05, 3.63) is 169 Å².